The van der Waals surface area contributed by atoms with Crippen LogP contribution < -0.4 is 10.6 Å². The standard InChI is InChI=1S/C12H18Cl2N2O/c1-8(2)16(4-3-5-17)12-7-10(14)9(13)6-11(12)15/h6-8,17H,3-5,15H2,1-2H3. The number of halogens is 2. The summed E-state index contributed by atoms with van der Waals surface area (Å²) in [5, 5.41) is 9.86. The molecule has 1 rings (SSSR count). The maximum absolute atomic E-state index is 8.91. The third-order valence-electron chi connectivity index (χ3n) is 2.56. The molecule has 3 N–H and O–H groups in total. The van der Waals surface area contributed by atoms with Gasteiger partial charge in [-0.3, -0.25) is 0 Å². The van der Waals surface area contributed by atoms with Gasteiger partial charge in [0.15, 0.2) is 0 Å². The summed E-state index contributed by atoms with van der Waals surface area (Å²) in [7, 11) is 0. The van der Waals surface area contributed by atoms with Crippen molar-refractivity contribution >= 4 is 34.6 Å². The van der Waals surface area contributed by atoms with E-state index in [9.17, 15) is 0 Å². The van der Waals surface area contributed by atoms with E-state index in [2.05, 4.69) is 18.7 Å². The Bertz CT molecular complexity index is 383. The molecule has 0 fully saturated rings. The first kappa shape index (κ1) is 14.4. The third kappa shape index (κ3) is 3.66. The average molecular weight is 277 g/mol. The van der Waals surface area contributed by atoms with Crippen LogP contribution in [0.3, 0.4) is 0 Å². The van der Waals surface area contributed by atoms with Crippen LogP contribution in [0.4, 0.5) is 11.4 Å². The Balaban J connectivity index is 3.05. The number of aliphatic hydroxyl groups excluding tert-OH is 1. The van der Waals surface area contributed by atoms with E-state index in [0.717, 1.165) is 12.2 Å². The summed E-state index contributed by atoms with van der Waals surface area (Å²) < 4.78 is 0. The summed E-state index contributed by atoms with van der Waals surface area (Å²) in [5.41, 5.74) is 7.42. The molecule has 5 heteroatoms. The normalized spacial score (nSPS) is 10.9. The minimum absolute atomic E-state index is 0.157. The molecule has 0 aliphatic heterocycles. The number of nitrogen functional groups attached to an aromatic ring is 1. The first-order valence-corrected chi connectivity index (χ1v) is 6.35. The molecule has 0 aromatic heterocycles. The van der Waals surface area contributed by atoms with Gasteiger partial charge in [0.2, 0.25) is 0 Å². The predicted molar refractivity (Wildman–Crippen MR) is 75.1 cm³/mol. The van der Waals surface area contributed by atoms with Crippen LogP contribution in [-0.4, -0.2) is 24.3 Å². The Labute approximate surface area is 112 Å². The highest BCUT2D eigenvalue weighted by molar-refractivity contribution is 6.42. The van der Waals surface area contributed by atoms with Crippen molar-refractivity contribution in [2.75, 3.05) is 23.8 Å². The minimum Gasteiger partial charge on any atom is -0.397 e. The lowest BCUT2D eigenvalue weighted by atomic mass is 10.2. The van der Waals surface area contributed by atoms with Crippen molar-refractivity contribution in [1.29, 1.82) is 0 Å². The number of hydrogen-bond acceptors (Lipinski definition) is 3. The molecule has 0 saturated carbocycles. The van der Waals surface area contributed by atoms with Gasteiger partial charge >= 0.3 is 0 Å². The van der Waals surface area contributed by atoms with E-state index in [-0.39, 0.29) is 12.6 Å². The zero-order valence-corrected chi connectivity index (χ0v) is 11.6. The lowest BCUT2D eigenvalue weighted by Gasteiger charge is -2.30. The largest absolute Gasteiger partial charge is 0.397 e. The summed E-state index contributed by atoms with van der Waals surface area (Å²) in [6, 6.07) is 3.71. The fourth-order valence-corrected chi connectivity index (χ4v) is 2.03. The predicted octanol–water partition coefficient (Wildman–Crippen LogP) is 3.17. The van der Waals surface area contributed by atoms with Crippen molar-refractivity contribution in [3.8, 4) is 0 Å². The molecule has 0 heterocycles. The van der Waals surface area contributed by atoms with Crippen LogP contribution in [-0.2, 0) is 0 Å². The van der Waals surface area contributed by atoms with Gasteiger partial charge in [-0.15, -0.1) is 0 Å². The van der Waals surface area contributed by atoms with E-state index < -0.39 is 0 Å². The van der Waals surface area contributed by atoms with Crippen LogP contribution in [0.15, 0.2) is 12.1 Å². The van der Waals surface area contributed by atoms with Gasteiger partial charge in [0.1, 0.15) is 0 Å². The number of aliphatic hydroxyl groups is 1. The summed E-state index contributed by atoms with van der Waals surface area (Å²) >= 11 is 11.9. The number of rotatable bonds is 5. The number of benzene rings is 1. The zero-order chi connectivity index (χ0) is 13.0. The molecular weight excluding hydrogens is 259 g/mol. The number of anilines is 2. The molecular formula is C12H18Cl2N2O. The summed E-state index contributed by atoms with van der Waals surface area (Å²) in [6.45, 7) is 5.03. The van der Waals surface area contributed by atoms with Gasteiger partial charge in [-0.1, -0.05) is 23.2 Å². The van der Waals surface area contributed by atoms with Gasteiger partial charge in [0, 0.05) is 19.2 Å². The summed E-state index contributed by atoms with van der Waals surface area (Å²) in [6.07, 6.45) is 0.692. The number of nitrogens with two attached hydrogens (primary N) is 1. The Morgan fingerprint density at radius 3 is 2.41 bits per heavy atom. The highest BCUT2D eigenvalue weighted by Gasteiger charge is 2.15. The van der Waals surface area contributed by atoms with E-state index in [1.54, 1.807) is 12.1 Å². The van der Waals surface area contributed by atoms with Gasteiger partial charge in [-0.05, 0) is 32.4 Å². The maximum Gasteiger partial charge on any atom is 0.0618 e. The van der Waals surface area contributed by atoms with Gasteiger partial charge in [-0.2, -0.15) is 0 Å². The lowest BCUT2D eigenvalue weighted by Crippen LogP contribution is -2.32. The van der Waals surface area contributed by atoms with Crippen molar-refractivity contribution in [1.82, 2.24) is 0 Å². The molecule has 1 aromatic carbocycles. The monoisotopic (exact) mass is 276 g/mol. The third-order valence-corrected chi connectivity index (χ3v) is 3.28. The molecule has 0 saturated heterocycles. The number of hydrogen-bond donors (Lipinski definition) is 2. The van der Waals surface area contributed by atoms with E-state index >= 15 is 0 Å². The van der Waals surface area contributed by atoms with E-state index in [1.165, 1.54) is 0 Å². The van der Waals surface area contributed by atoms with Crippen molar-refractivity contribution in [3.05, 3.63) is 22.2 Å². The highest BCUT2D eigenvalue weighted by atomic mass is 35.5. The van der Waals surface area contributed by atoms with E-state index in [4.69, 9.17) is 34.0 Å². The van der Waals surface area contributed by atoms with E-state index in [1.807, 2.05) is 0 Å². The fraction of sp³-hybridized carbons (Fsp3) is 0.500. The van der Waals surface area contributed by atoms with Crippen LogP contribution in [0.25, 0.3) is 0 Å². The first-order valence-electron chi connectivity index (χ1n) is 5.59. The smallest absolute Gasteiger partial charge is 0.0618 e. The molecule has 17 heavy (non-hydrogen) atoms. The molecule has 3 nitrogen and oxygen atoms in total. The van der Waals surface area contributed by atoms with Crippen molar-refractivity contribution < 1.29 is 5.11 Å². The quantitative estimate of drug-likeness (QED) is 0.813. The average Bonchev–Trinajstić information content (AvgIpc) is 2.25. The SMILES string of the molecule is CC(C)N(CCCO)c1cc(Cl)c(Cl)cc1N. The van der Waals surface area contributed by atoms with Crippen molar-refractivity contribution in [3.63, 3.8) is 0 Å². The minimum atomic E-state index is 0.157. The van der Waals surface area contributed by atoms with Crippen molar-refractivity contribution in [2.45, 2.75) is 26.3 Å². The van der Waals surface area contributed by atoms with Gasteiger partial charge in [0.25, 0.3) is 0 Å². The molecule has 0 radical (unpaired) electrons. The first-order chi connectivity index (χ1) is 7.97. The lowest BCUT2D eigenvalue weighted by molar-refractivity contribution is 0.288. The van der Waals surface area contributed by atoms with Crippen LogP contribution in [0.2, 0.25) is 10.0 Å². The second-order valence-electron chi connectivity index (χ2n) is 4.19. The van der Waals surface area contributed by atoms with Crippen molar-refractivity contribution in [2.24, 2.45) is 0 Å². The summed E-state index contributed by atoms with van der Waals surface area (Å²) in [5.74, 6) is 0. The zero-order valence-electron chi connectivity index (χ0n) is 10.1. The second kappa shape index (κ2) is 6.34. The molecule has 0 aliphatic carbocycles. The molecule has 0 amide bonds. The Morgan fingerprint density at radius 1 is 1.29 bits per heavy atom. The van der Waals surface area contributed by atoms with Gasteiger partial charge in [-0.25, -0.2) is 0 Å². The van der Waals surface area contributed by atoms with Gasteiger partial charge in [0.05, 0.1) is 21.4 Å². The molecule has 0 spiro atoms. The highest BCUT2D eigenvalue weighted by Crippen LogP contribution is 2.34. The molecule has 0 bridgehead atoms. The molecule has 0 aliphatic rings. The van der Waals surface area contributed by atoms with Crippen LogP contribution in [0.5, 0.6) is 0 Å². The van der Waals surface area contributed by atoms with Crippen LogP contribution in [0.1, 0.15) is 20.3 Å². The Kier molecular flexibility index (Phi) is 5.37. The van der Waals surface area contributed by atoms with Crippen LogP contribution in [0, 0.1) is 0 Å². The van der Waals surface area contributed by atoms with Crippen LogP contribution >= 0.6 is 23.2 Å². The fourth-order valence-electron chi connectivity index (χ4n) is 1.70. The van der Waals surface area contributed by atoms with Gasteiger partial charge < -0.3 is 15.7 Å². The molecule has 0 unspecified atom stereocenters. The summed E-state index contributed by atoms with van der Waals surface area (Å²) in [4.78, 5) is 2.10. The molecule has 0 atom stereocenters. The topological polar surface area (TPSA) is 49.5 Å². The second-order valence-corrected chi connectivity index (χ2v) is 5.00. The molecule has 1 aromatic rings. The Morgan fingerprint density at radius 2 is 1.88 bits per heavy atom. The Hall–Kier alpha value is -0.640. The molecule has 96 valence electrons. The number of nitrogens with zero attached hydrogens (tertiary/aromatic N) is 1. The maximum atomic E-state index is 8.91. The van der Waals surface area contributed by atoms with E-state index in [0.29, 0.717) is 22.2 Å².